The van der Waals surface area contributed by atoms with Gasteiger partial charge in [-0.05, 0) is 12.1 Å². The highest BCUT2D eigenvalue weighted by atomic mass is 32.1. The molecular weight excluding hydrogens is 194 g/mol. The minimum atomic E-state index is 0.510. The van der Waals surface area contributed by atoms with E-state index < -0.39 is 0 Å². The normalized spacial score (nSPS) is 9.93. The van der Waals surface area contributed by atoms with E-state index in [0.717, 1.165) is 10.6 Å². The van der Waals surface area contributed by atoms with Crippen LogP contribution in [0.25, 0.3) is 10.2 Å². The summed E-state index contributed by atoms with van der Waals surface area (Å²) in [6.45, 7) is 0.663. The van der Waals surface area contributed by atoms with Gasteiger partial charge in [0.05, 0.1) is 22.7 Å². The number of hydrogen-bond donors (Lipinski definition) is 1. The van der Waals surface area contributed by atoms with Gasteiger partial charge in [0.15, 0.2) is 5.13 Å². The lowest BCUT2D eigenvalue weighted by atomic mass is 10.3. The average Bonchev–Trinajstić information content (AvgIpc) is 2.60. The molecule has 0 fully saturated rings. The van der Waals surface area contributed by atoms with Crippen molar-refractivity contribution in [3.8, 4) is 6.07 Å². The quantitative estimate of drug-likeness (QED) is 0.780. The topological polar surface area (TPSA) is 48.7 Å². The molecule has 0 spiro atoms. The Balaban J connectivity index is 2.15. The maximum absolute atomic E-state index is 8.38. The zero-order valence-electron chi connectivity index (χ0n) is 7.53. The van der Waals surface area contributed by atoms with Crippen LogP contribution in [0.3, 0.4) is 0 Å². The molecule has 2 rings (SSSR count). The molecule has 1 aromatic heterocycles. The number of anilines is 1. The Hall–Kier alpha value is -1.60. The van der Waals surface area contributed by atoms with E-state index >= 15 is 0 Å². The summed E-state index contributed by atoms with van der Waals surface area (Å²) < 4.78 is 1.17. The standard InChI is InChI=1S/C10H9N3S/c11-6-3-7-12-10-13-8-4-1-2-5-9(8)14-10/h1-2,4-5H,3,7H2,(H,12,13). The summed E-state index contributed by atoms with van der Waals surface area (Å²) in [5.74, 6) is 0. The number of rotatable bonds is 3. The fourth-order valence-electron chi connectivity index (χ4n) is 1.17. The molecule has 0 unspecified atom stereocenters. The highest BCUT2D eigenvalue weighted by Crippen LogP contribution is 2.24. The van der Waals surface area contributed by atoms with Crippen molar-refractivity contribution in [1.82, 2.24) is 4.98 Å². The number of fused-ring (bicyclic) bond motifs is 1. The van der Waals surface area contributed by atoms with Crippen molar-refractivity contribution in [2.75, 3.05) is 11.9 Å². The largest absolute Gasteiger partial charge is 0.360 e. The number of aromatic nitrogens is 1. The van der Waals surface area contributed by atoms with E-state index in [1.807, 2.05) is 24.3 Å². The van der Waals surface area contributed by atoms with E-state index in [4.69, 9.17) is 5.26 Å². The number of thiazole rings is 1. The van der Waals surface area contributed by atoms with Gasteiger partial charge in [-0.25, -0.2) is 4.98 Å². The number of nitrogens with one attached hydrogen (secondary N) is 1. The van der Waals surface area contributed by atoms with Crippen molar-refractivity contribution in [1.29, 1.82) is 5.26 Å². The lowest BCUT2D eigenvalue weighted by Gasteiger charge is -1.94. The van der Waals surface area contributed by atoms with Crippen LogP contribution in [0.5, 0.6) is 0 Å². The number of benzene rings is 1. The summed E-state index contributed by atoms with van der Waals surface area (Å²) in [7, 11) is 0. The third-order valence-corrected chi connectivity index (χ3v) is 2.80. The van der Waals surface area contributed by atoms with Crippen LogP contribution < -0.4 is 5.32 Å². The summed E-state index contributed by atoms with van der Waals surface area (Å²) in [6, 6.07) is 10.1. The van der Waals surface area contributed by atoms with Crippen molar-refractivity contribution in [2.45, 2.75) is 6.42 Å². The summed E-state index contributed by atoms with van der Waals surface area (Å²) in [5, 5.41) is 12.4. The second-order valence-electron chi connectivity index (χ2n) is 2.82. The lowest BCUT2D eigenvalue weighted by molar-refractivity contribution is 1.07. The fourth-order valence-corrected chi connectivity index (χ4v) is 2.06. The minimum Gasteiger partial charge on any atom is -0.360 e. The third kappa shape index (κ3) is 1.83. The van der Waals surface area contributed by atoms with E-state index in [9.17, 15) is 0 Å². The number of para-hydroxylation sites is 1. The summed E-state index contributed by atoms with van der Waals surface area (Å²) >= 11 is 1.62. The molecule has 0 aliphatic carbocycles. The van der Waals surface area contributed by atoms with Crippen molar-refractivity contribution in [3.05, 3.63) is 24.3 Å². The van der Waals surface area contributed by atoms with Crippen molar-refractivity contribution in [3.63, 3.8) is 0 Å². The van der Waals surface area contributed by atoms with Crippen LogP contribution in [0.1, 0.15) is 6.42 Å². The molecule has 0 radical (unpaired) electrons. The molecule has 0 aliphatic rings. The predicted molar refractivity (Wildman–Crippen MR) is 58.3 cm³/mol. The Kier molecular flexibility index (Phi) is 2.61. The molecule has 70 valence electrons. The molecule has 1 heterocycles. The van der Waals surface area contributed by atoms with Crippen LogP contribution in [-0.4, -0.2) is 11.5 Å². The first-order chi connectivity index (χ1) is 6.90. The van der Waals surface area contributed by atoms with Gasteiger partial charge in [-0.15, -0.1) is 0 Å². The van der Waals surface area contributed by atoms with Crippen molar-refractivity contribution < 1.29 is 0 Å². The Morgan fingerprint density at radius 2 is 2.29 bits per heavy atom. The summed E-state index contributed by atoms with van der Waals surface area (Å²) in [5.41, 5.74) is 1.01. The molecule has 1 N–H and O–H groups in total. The predicted octanol–water partition coefficient (Wildman–Crippen LogP) is 2.62. The van der Waals surface area contributed by atoms with Crippen LogP contribution in [0.4, 0.5) is 5.13 Å². The zero-order valence-corrected chi connectivity index (χ0v) is 8.34. The molecule has 3 nitrogen and oxygen atoms in total. The van der Waals surface area contributed by atoms with Gasteiger partial charge in [0.1, 0.15) is 0 Å². The van der Waals surface area contributed by atoms with Gasteiger partial charge in [-0.3, -0.25) is 0 Å². The van der Waals surface area contributed by atoms with Gasteiger partial charge in [-0.2, -0.15) is 5.26 Å². The van der Waals surface area contributed by atoms with Gasteiger partial charge in [0, 0.05) is 6.54 Å². The van der Waals surface area contributed by atoms with Gasteiger partial charge in [0.25, 0.3) is 0 Å². The Morgan fingerprint density at radius 1 is 1.43 bits per heavy atom. The van der Waals surface area contributed by atoms with Gasteiger partial charge < -0.3 is 5.32 Å². The second-order valence-corrected chi connectivity index (χ2v) is 3.85. The Morgan fingerprint density at radius 3 is 3.07 bits per heavy atom. The number of nitriles is 1. The van der Waals surface area contributed by atoms with Crippen LogP contribution in [0.2, 0.25) is 0 Å². The van der Waals surface area contributed by atoms with E-state index in [1.54, 1.807) is 11.3 Å². The van der Waals surface area contributed by atoms with E-state index in [2.05, 4.69) is 16.4 Å². The van der Waals surface area contributed by atoms with Crippen LogP contribution in [0, 0.1) is 11.3 Å². The maximum atomic E-state index is 8.38. The maximum Gasteiger partial charge on any atom is 0.183 e. The molecule has 0 amide bonds. The monoisotopic (exact) mass is 203 g/mol. The lowest BCUT2D eigenvalue weighted by Crippen LogP contribution is -1.98. The average molecular weight is 203 g/mol. The van der Waals surface area contributed by atoms with Crippen LogP contribution >= 0.6 is 11.3 Å². The molecule has 0 saturated heterocycles. The molecule has 0 atom stereocenters. The van der Waals surface area contributed by atoms with Crippen molar-refractivity contribution in [2.24, 2.45) is 0 Å². The smallest absolute Gasteiger partial charge is 0.183 e. The number of nitrogens with zero attached hydrogens (tertiary/aromatic N) is 2. The molecule has 4 heteroatoms. The molecule has 14 heavy (non-hydrogen) atoms. The summed E-state index contributed by atoms with van der Waals surface area (Å²) in [6.07, 6.45) is 0.510. The Labute approximate surface area is 86.0 Å². The molecule has 2 aromatic rings. The van der Waals surface area contributed by atoms with E-state index in [0.29, 0.717) is 13.0 Å². The van der Waals surface area contributed by atoms with Gasteiger partial charge in [-0.1, -0.05) is 23.5 Å². The highest BCUT2D eigenvalue weighted by molar-refractivity contribution is 7.22. The van der Waals surface area contributed by atoms with Crippen molar-refractivity contribution >= 4 is 26.7 Å². The Bertz CT molecular complexity index is 436. The molecule has 0 bridgehead atoms. The molecular formula is C10H9N3S. The van der Waals surface area contributed by atoms with Crippen LogP contribution in [-0.2, 0) is 0 Å². The van der Waals surface area contributed by atoms with E-state index in [1.165, 1.54) is 4.70 Å². The SMILES string of the molecule is N#CCCNc1nc2ccccc2s1. The first-order valence-corrected chi connectivity index (χ1v) is 5.18. The van der Waals surface area contributed by atoms with Crippen LogP contribution in [0.15, 0.2) is 24.3 Å². The summed E-state index contributed by atoms with van der Waals surface area (Å²) in [4.78, 5) is 4.38. The molecule has 1 aromatic carbocycles. The molecule has 0 saturated carbocycles. The highest BCUT2D eigenvalue weighted by Gasteiger charge is 2.00. The van der Waals surface area contributed by atoms with E-state index in [-0.39, 0.29) is 0 Å². The molecule has 0 aliphatic heterocycles. The number of hydrogen-bond acceptors (Lipinski definition) is 4. The first kappa shape index (κ1) is 8.97. The first-order valence-electron chi connectivity index (χ1n) is 4.36. The van der Waals surface area contributed by atoms with Gasteiger partial charge >= 0.3 is 0 Å². The van der Waals surface area contributed by atoms with Gasteiger partial charge in [0.2, 0.25) is 0 Å². The second kappa shape index (κ2) is 4.07. The zero-order chi connectivity index (χ0) is 9.80. The fraction of sp³-hybridized carbons (Fsp3) is 0.200. The third-order valence-electron chi connectivity index (χ3n) is 1.81. The minimum absolute atomic E-state index is 0.510.